The van der Waals surface area contributed by atoms with Crippen LogP contribution in [0.25, 0.3) is 21.3 Å². The number of likely N-dealkylation sites (tertiary alicyclic amines) is 1. The van der Waals surface area contributed by atoms with E-state index in [1.807, 2.05) is 48.2 Å². The van der Waals surface area contributed by atoms with Gasteiger partial charge in [-0.05, 0) is 37.7 Å². The van der Waals surface area contributed by atoms with Crippen molar-refractivity contribution in [2.45, 2.75) is 59.1 Å². The Labute approximate surface area is 209 Å². The number of unbranched alkanes of at least 4 members (excludes halogenated alkanes) is 1. The number of aryl methyl sites for hydroxylation is 2. The lowest BCUT2D eigenvalue weighted by Crippen LogP contribution is -2.39. The van der Waals surface area contributed by atoms with Gasteiger partial charge in [0.15, 0.2) is 5.52 Å². The van der Waals surface area contributed by atoms with Crippen LogP contribution in [0.15, 0.2) is 42.6 Å². The Morgan fingerprint density at radius 1 is 1.26 bits per heavy atom. The fourth-order valence-electron chi connectivity index (χ4n) is 4.95. The number of hydrogen-bond donors (Lipinski definition) is 0. The molecular weight excluding hydrogens is 460 g/mol. The molecular formula is C27H32N4O3S. The smallest absolute Gasteiger partial charge is 0.410 e. The topological polar surface area (TPSA) is 74.3 Å². The molecule has 5 rings (SSSR count). The SMILES string of the molecule is CCCCc1nc2c[n+]([O-])c3cc(C)sc3c2n1CC1CCN(C(=O)OCc2ccccc2)CC1. The predicted molar refractivity (Wildman–Crippen MR) is 138 cm³/mol. The fraction of sp³-hybridized carbons (Fsp3) is 0.444. The molecule has 8 heteroatoms. The van der Waals surface area contributed by atoms with Crippen LogP contribution in [-0.4, -0.2) is 33.6 Å². The number of benzene rings is 1. The first-order valence-corrected chi connectivity index (χ1v) is 13.3. The maximum Gasteiger partial charge on any atom is 0.410 e. The van der Waals surface area contributed by atoms with Crippen molar-refractivity contribution in [1.82, 2.24) is 14.5 Å². The minimum Gasteiger partial charge on any atom is -0.618 e. The number of carbonyl (C=O) groups is 1. The van der Waals surface area contributed by atoms with E-state index in [1.54, 1.807) is 17.5 Å². The van der Waals surface area contributed by atoms with Crippen molar-refractivity contribution in [3.8, 4) is 0 Å². The van der Waals surface area contributed by atoms with Crippen molar-refractivity contribution in [3.63, 3.8) is 0 Å². The molecule has 1 aliphatic rings. The van der Waals surface area contributed by atoms with E-state index in [2.05, 4.69) is 11.5 Å². The molecule has 4 heterocycles. The van der Waals surface area contributed by atoms with Gasteiger partial charge in [0.25, 0.3) is 0 Å². The van der Waals surface area contributed by atoms with E-state index in [0.717, 1.165) is 80.9 Å². The number of imidazole rings is 1. The van der Waals surface area contributed by atoms with Gasteiger partial charge in [0.2, 0.25) is 11.7 Å². The molecule has 0 atom stereocenters. The van der Waals surface area contributed by atoms with Gasteiger partial charge in [0.1, 0.15) is 17.1 Å². The van der Waals surface area contributed by atoms with E-state index >= 15 is 0 Å². The molecule has 3 aromatic heterocycles. The van der Waals surface area contributed by atoms with E-state index in [0.29, 0.717) is 25.6 Å². The largest absolute Gasteiger partial charge is 0.618 e. The molecule has 1 amide bonds. The van der Waals surface area contributed by atoms with Crippen molar-refractivity contribution >= 4 is 38.7 Å². The molecule has 35 heavy (non-hydrogen) atoms. The highest BCUT2D eigenvalue weighted by molar-refractivity contribution is 7.19. The number of pyridine rings is 1. The number of rotatable bonds is 7. The van der Waals surface area contributed by atoms with Crippen LogP contribution in [0.4, 0.5) is 4.79 Å². The highest BCUT2D eigenvalue weighted by Crippen LogP contribution is 2.32. The first kappa shape index (κ1) is 23.6. The van der Waals surface area contributed by atoms with Gasteiger partial charge in [-0.15, -0.1) is 11.3 Å². The molecule has 0 N–H and O–H groups in total. The van der Waals surface area contributed by atoms with Gasteiger partial charge in [0, 0.05) is 37.0 Å². The molecule has 0 radical (unpaired) electrons. The van der Waals surface area contributed by atoms with E-state index in [4.69, 9.17) is 9.72 Å². The summed E-state index contributed by atoms with van der Waals surface area (Å²) in [7, 11) is 0. The third-order valence-electron chi connectivity index (χ3n) is 6.87. The van der Waals surface area contributed by atoms with Crippen molar-refractivity contribution in [2.75, 3.05) is 13.1 Å². The Balaban J connectivity index is 1.31. The normalized spacial score (nSPS) is 14.7. The summed E-state index contributed by atoms with van der Waals surface area (Å²) in [5.41, 5.74) is 3.58. The van der Waals surface area contributed by atoms with Gasteiger partial charge < -0.3 is 19.4 Å². The molecule has 1 saturated heterocycles. The number of hydrogen-bond acceptors (Lipinski definition) is 5. The highest BCUT2D eigenvalue weighted by atomic mass is 32.1. The molecule has 1 aliphatic heterocycles. The summed E-state index contributed by atoms with van der Waals surface area (Å²) in [5.74, 6) is 1.51. The average Bonchev–Trinajstić information content (AvgIpc) is 3.42. The van der Waals surface area contributed by atoms with Gasteiger partial charge in [0.05, 0.1) is 5.52 Å². The third kappa shape index (κ3) is 4.98. The quantitative estimate of drug-likeness (QED) is 0.249. The molecule has 0 spiro atoms. The van der Waals surface area contributed by atoms with Crippen LogP contribution in [0.3, 0.4) is 0 Å². The maximum absolute atomic E-state index is 12.6. The molecule has 0 bridgehead atoms. The molecule has 1 fully saturated rings. The number of fused-ring (bicyclic) bond motifs is 3. The Morgan fingerprint density at radius 3 is 2.77 bits per heavy atom. The summed E-state index contributed by atoms with van der Waals surface area (Å²) in [6, 6.07) is 11.7. The molecule has 0 unspecified atom stereocenters. The van der Waals surface area contributed by atoms with E-state index in [1.165, 1.54) is 0 Å². The van der Waals surface area contributed by atoms with Crippen LogP contribution in [0.1, 0.15) is 48.9 Å². The van der Waals surface area contributed by atoms with E-state index < -0.39 is 0 Å². The van der Waals surface area contributed by atoms with Crippen molar-refractivity contribution < 1.29 is 14.3 Å². The Bertz CT molecular complexity index is 1320. The molecule has 0 saturated carbocycles. The summed E-state index contributed by atoms with van der Waals surface area (Å²) < 4.78 is 9.87. The summed E-state index contributed by atoms with van der Waals surface area (Å²) >= 11 is 1.67. The number of piperidine rings is 1. The maximum atomic E-state index is 12.6. The van der Waals surface area contributed by atoms with Gasteiger partial charge in [-0.1, -0.05) is 43.7 Å². The number of carbonyl (C=O) groups excluding carboxylic acids is 1. The summed E-state index contributed by atoms with van der Waals surface area (Å²) in [4.78, 5) is 20.4. The lowest BCUT2D eigenvalue weighted by Gasteiger charge is -2.31. The van der Waals surface area contributed by atoms with Crippen LogP contribution in [0.2, 0.25) is 0 Å². The zero-order valence-corrected chi connectivity index (χ0v) is 21.2. The summed E-state index contributed by atoms with van der Waals surface area (Å²) in [6.07, 6.45) is 6.31. The van der Waals surface area contributed by atoms with Crippen LogP contribution in [-0.2, 0) is 24.3 Å². The second kappa shape index (κ2) is 10.2. The summed E-state index contributed by atoms with van der Waals surface area (Å²) in [5, 5.41) is 12.6. The Morgan fingerprint density at radius 2 is 2.03 bits per heavy atom. The van der Waals surface area contributed by atoms with Crippen molar-refractivity contribution in [3.05, 3.63) is 64.1 Å². The van der Waals surface area contributed by atoms with Crippen LogP contribution < -0.4 is 4.73 Å². The van der Waals surface area contributed by atoms with Gasteiger partial charge in [-0.25, -0.2) is 9.78 Å². The predicted octanol–water partition coefficient (Wildman–Crippen LogP) is 5.58. The zero-order valence-electron chi connectivity index (χ0n) is 20.4. The fourth-order valence-corrected chi connectivity index (χ4v) is 6.01. The average molecular weight is 493 g/mol. The molecule has 7 nitrogen and oxygen atoms in total. The number of thiophene rings is 1. The number of ether oxygens (including phenoxy) is 1. The summed E-state index contributed by atoms with van der Waals surface area (Å²) in [6.45, 7) is 6.79. The third-order valence-corrected chi connectivity index (χ3v) is 7.92. The minimum atomic E-state index is -0.236. The Hall–Kier alpha value is -3.13. The lowest BCUT2D eigenvalue weighted by atomic mass is 9.96. The molecule has 0 aliphatic carbocycles. The first-order valence-electron chi connectivity index (χ1n) is 12.5. The van der Waals surface area contributed by atoms with Gasteiger partial charge >= 0.3 is 6.09 Å². The first-order chi connectivity index (χ1) is 17.0. The standard InChI is InChI=1S/C27H32N4O3S/c1-3-4-10-24-28-22-17-31(33)23-15-19(2)35-26(23)25(22)30(24)16-20-11-13-29(14-12-20)27(32)34-18-21-8-6-5-7-9-21/h5-9,15,17,20H,3-4,10-14,16,18H2,1-2H3. The van der Waals surface area contributed by atoms with E-state index in [9.17, 15) is 10.0 Å². The number of aromatic nitrogens is 3. The second-order valence-corrected chi connectivity index (χ2v) is 10.7. The monoisotopic (exact) mass is 492 g/mol. The van der Waals surface area contributed by atoms with Crippen LogP contribution >= 0.6 is 11.3 Å². The van der Waals surface area contributed by atoms with Crippen molar-refractivity contribution in [2.24, 2.45) is 5.92 Å². The molecule has 1 aromatic carbocycles. The molecule has 4 aromatic rings. The van der Waals surface area contributed by atoms with Gasteiger partial charge in [-0.3, -0.25) is 0 Å². The van der Waals surface area contributed by atoms with Crippen LogP contribution in [0.5, 0.6) is 0 Å². The highest BCUT2D eigenvalue weighted by Gasteiger charge is 2.27. The second-order valence-electron chi connectivity index (χ2n) is 9.47. The Kier molecular flexibility index (Phi) is 6.90. The van der Waals surface area contributed by atoms with Crippen molar-refractivity contribution in [1.29, 1.82) is 0 Å². The molecule has 184 valence electrons. The van der Waals surface area contributed by atoms with Gasteiger partial charge in [-0.2, -0.15) is 4.73 Å². The van der Waals surface area contributed by atoms with Crippen LogP contribution in [0, 0.1) is 18.0 Å². The number of nitrogens with zero attached hydrogens (tertiary/aromatic N) is 4. The minimum absolute atomic E-state index is 0.236. The lowest BCUT2D eigenvalue weighted by molar-refractivity contribution is -0.575. The number of amides is 1. The van der Waals surface area contributed by atoms with E-state index in [-0.39, 0.29) is 6.09 Å². The zero-order chi connectivity index (χ0) is 24.4.